The monoisotopic (exact) mass is 418 g/mol. The quantitative estimate of drug-likeness (QED) is 0.682. The molecule has 1 N–H and O–H groups in total. The highest BCUT2D eigenvalue weighted by Gasteiger charge is 2.24. The lowest BCUT2D eigenvalue weighted by Gasteiger charge is -2.14. The van der Waals surface area contributed by atoms with Crippen molar-refractivity contribution in [1.29, 1.82) is 5.26 Å². The molecule has 1 amide bonds. The molecule has 2 rings (SSSR count). The maximum atomic E-state index is 12.8. The van der Waals surface area contributed by atoms with E-state index in [1.54, 1.807) is 20.8 Å². The van der Waals surface area contributed by atoms with Crippen LogP contribution in [0.15, 0.2) is 12.1 Å². The van der Waals surface area contributed by atoms with E-state index in [0.717, 1.165) is 11.3 Å². The zero-order valence-corrected chi connectivity index (χ0v) is 17.9. The van der Waals surface area contributed by atoms with Gasteiger partial charge in [0.05, 0.1) is 33.0 Å². The molecule has 0 aliphatic heterocycles. The maximum Gasteiger partial charge on any atom is 0.348 e. The second-order valence-electron chi connectivity index (χ2n) is 6.19. The fourth-order valence-corrected chi connectivity index (χ4v) is 3.62. The van der Waals surface area contributed by atoms with Crippen molar-refractivity contribution in [3.63, 3.8) is 0 Å². The maximum absolute atomic E-state index is 12.8. The molecule has 0 aliphatic carbocycles. The first-order chi connectivity index (χ1) is 13.8. The number of esters is 1. The fourth-order valence-electron chi connectivity index (χ4n) is 2.59. The molecular weight excluding hydrogens is 396 g/mol. The third-order valence-corrected chi connectivity index (χ3v) is 5.13. The summed E-state index contributed by atoms with van der Waals surface area (Å²) in [6.45, 7) is 5.11. The van der Waals surface area contributed by atoms with Crippen LogP contribution >= 0.6 is 11.3 Å². The standard InChI is InChI=1S/C20H22N2O6S/c1-10(2)28-20(24)17-11(3)13(9-21)19(29-17)22-18(23)12-7-14(25-4)16(27-6)15(8-12)26-5/h7-8,10H,1-6H3,(H,22,23). The van der Waals surface area contributed by atoms with E-state index in [2.05, 4.69) is 5.32 Å². The lowest BCUT2D eigenvalue weighted by molar-refractivity contribution is 0.0383. The van der Waals surface area contributed by atoms with Gasteiger partial charge in [0.15, 0.2) is 11.5 Å². The van der Waals surface area contributed by atoms with Crippen molar-refractivity contribution in [2.45, 2.75) is 26.9 Å². The molecular formula is C20H22N2O6S. The third-order valence-electron chi connectivity index (χ3n) is 3.94. The molecule has 0 spiro atoms. The minimum Gasteiger partial charge on any atom is -0.493 e. The molecule has 0 fully saturated rings. The lowest BCUT2D eigenvalue weighted by Crippen LogP contribution is -2.12. The van der Waals surface area contributed by atoms with Crippen molar-refractivity contribution in [2.24, 2.45) is 0 Å². The molecule has 0 bridgehead atoms. The van der Waals surface area contributed by atoms with Gasteiger partial charge in [0, 0.05) is 5.56 Å². The lowest BCUT2D eigenvalue weighted by atomic mass is 10.1. The number of benzene rings is 1. The number of nitriles is 1. The number of carbonyl (C=O) groups is 2. The summed E-state index contributed by atoms with van der Waals surface area (Å²) in [6.07, 6.45) is -0.299. The van der Waals surface area contributed by atoms with Gasteiger partial charge in [0.25, 0.3) is 5.91 Å². The summed E-state index contributed by atoms with van der Waals surface area (Å²) in [5.74, 6) is -0.0323. The molecule has 0 unspecified atom stereocenters. The van der Waals surface area contributed by atoms with Gasteiger partial charge >= 0.3 is 5.97 Å². The summed E-state index contributed by atoms with van der Waals surface area (Å²) in [5, 5.41) is 12.4. The van der Waals surface area contributed by atoms with Crippen LogP contribution in [0.25, 0.3) is 0 Å². The predicted octanol–water partition coefficient (Wildman–Crippen LogP) is 3.77. The number of nitrogens with zero attached hydrogens (tertiary/aromatic N) is 1. The van der Waals surface area contributed by atoms with Crippen molar-refractivity contribution < 1.29 is 28.5 Å². The van der Waals surface area contributed by atoms with E-state index < -0.39 is 11.9 Å². The molecule has 0 saturated heterocycles. The van der Waals surface area contributed by atoms with E-state index in [1.165, 1.54) is 33.5 Å². The van der Waals surface area contributed by atoms with Gasteiger partial charge in [-0.05, 0) is 38.5 Å². The van der Waals surface area contributed by atoms with Crippen LogP contribution in [-0.2, 0) is 4.74 Å². The van der Waals surface area contributed by atoms with Crippen LogP contribution in [0.2, 0.25) is 0 Å². The average molecular weight is 418 g/mol. The molecule has 8 nitrogen and oxygen atoms in total. The number of anilines is 1. The number of nitrogens with one attached hydrogen (secondary N) is 1. The summed E-state index contributed by atoms with van der Waals surface area (Å²) in [4.78, 5) is 25.3. The SMILES string of the molecule is COc1cc(C(=O)Nc2sc(C(=O)OC(C)C)c(C)c2C#N)cc(OC)c1OC. The molecule has 0 aliphatic rings. The topological polar surface area (TPSA) is 107 Å². The second-order valence-corrected chi connectivity index (χ2v) is 7.21. The molecule has 154 valence electrons. The summed E-state index contributed by atoms with van der Waals surface area (Å²) in [7, 11) is 4.36. The molecule has 1 aromatic carbocycles. The van der Waals surface area contributed by atoms with Crippen molar-refractivity contribution in [2.75, 3.05) is 26.6 Å². The Balaban J connectivity index is 2.41. The number of hydrogen-bond donors (Lipinski definition) is 1. The van der Waals surface area contributed by atoms with E-state index in [9.17, 15) is 14.9 Å². The first-order valence-corrected chi connectivity index (χ1v) is 9.44. The molecule has 29 heavy (non-hydrogen) atoms. The van der Waals surface area contributed by atoms with Gasteiger partial charge < -0.3 is 24.3 Å². The molecule has 1 heterocycles. The molecule has 0 saturated carbocycles. The number of methoxy groups -OCH3 is 3. The van der Waals surface area contributed by atoms with Crippen molar-refractivity contribution >= 4 is 28.2 Å². The van der Waals surface area contributed by atoms with Crippen molar-refractivity contribution in [1.82, 2.24) is 0 Å². The molecule has 2 aromatic rings. The first-order valence-electron chi connectivity index (χ1n) is 8.63. The van der Waals surface area contributed by atoms with Gasteiger partial charge in [-0.2, -0.15) is 5.26 Å². The van der Waals surface area contributed by atoms with Gasteiger partial charge in [-0.3, -0.25) is 4.79 Å². The Labute approximate surface area is 172 Å². The Bertz CT molecular complexity index is 949. The number of carbonyl (C=O) groups excluding carboxylic acids is 2. The van der Waals surface area contributed by atoms with Crippen LogP contribution in [0.1, 0.15) is 45.0 Å². The van der Waals surface area contributed by atoms with Crippen LogP contribution in [0, 0.1) is 18.3 Å². The van der Waals surface area contributed by atoms with E-state index in [4.69, 9.17) is 18.9 Å². The Morgan fingerprint density at radius 2 is 1.69 bits per heavy atom. The summed E-state index contributed by atoms with van der Waals surface area (Å²) >= 11 is 0.995. The zero-order valence-electron chi connectivity index (χ0n) is 17.0. The highest BCUT2D eigenvalue weighted by molar-refractivity contribution is 7.18. The van der Waals surface area contributed by atoms with Gasteiger partial charge in [0.1, 0.15) is 15.9 Å². The van der Waals surface area contributed by atoms with Crippen LogP contribution in [0.3, 0.4) is 0 Å². The van der Waals surface area contributed by atoms with Crippen molar-refractivity contribution in [3.05, 3.63) is 33.7 Å². The van der Waals surface area contributed by atoms with E-state index in [-0.39, 0.29) is 27.1 Å². The second kappa shape index (κ2) is 9.30. The molecule has 0 atom stereocenters. The molecule has 9 heteroatoms. The predicted molar refractivity (Wildman–Crippen MR) is 108 cm³/mol. The van der Waals surface area contributed by atoms with Gasteiger partial charge in [-0.15, -0.1) is 11.3 Å². The largest absolute Gasteiger partial charge is 0.493 e. The summed E-state index contributed by atoms with van der Waals surface area (Å²) in [6, 6.07) is 5.03. The summed E-state index contributed by atoms with van der Waals surface area (Å²) < 4.78 is 21.0. The normalized spacial score (nSPS) is 10.3. The van der Waals surface area contributed by atoms with Crippen molar-refractivity contribution in [3.8, 4) is 23.3 Å². The minimum atomic E-state index is -0.535. The minimum absolute atomic E-state index is 0.214. The molecule has 1 aromatic heterocycles. The third kappa shape index (κ3) is 4.60. The van der Waals surface area contributed by atoms with Crippen LogP contribution in [-0.4, -0.2) is 39.3 Å². The van der Waals surface area contributed by atoms with Gasteiger partial charge in [-0.25, -0.2) is 4.79 Å². The Morgan fingerprint density at radius 3 is 2.14 bits per heavy atom. The highest BCUT2D eigenvalue weighted by atomic mass is 32.1. The number of rotatable bonds is 7. The number of thiophene rings is 1. The van der Waals surface area contributed by atoms with Crippen LogP contribution in [0.4, 0.5) is 5.00 Å². The molecule has 0 radical (unpaired) electrons. The smallest absolute Gasteiger partial charge is 0.348 e. The summed E-state index contributed by atoms with van der Waals surface area (Å²) in [5.41, 5.74) is 0.913. The fraction of sp³-hybridized carbons (Fsp3) is 0.350. The number of ether oxygens (including phenoxy) is 4. The number of amides is 1. The average Bonchev–Trinajstić information content (AvgIpc) is 3.01. The van der Waals surface area contributed by atoms with E-state index >= 15 is 0 Å². The number of hydrogen-bond acceptors (Lipinski definition) is 8. The zero-order chi connectivity index (χ0) is 21.7. The van der Waals surface area contributed by atoms with Gasteiger partial charge in [0.2, 0.25) is 5.75 Å². The van der Waals surface area contributed by atoms with Crippen LogP contribution < -0.4 is 19.5 Å². The van der Waals surface area contributed by atoms with E-state index in [0.29, 0.717) is 22.8 Å². The Kier molecular flexibility index (Phi) is 7.07. The highest BCUT2D eigenvalue weighted by Crippen LogP contribution is 2.39. The van der Waals surface area contributed by atoms with Gasteiger partial charge in [-0.1, -0.05) is 0 Å². The Morgan fingerprint density at radius 1 is 1.10 bits per heavy atom. The first kappa shape index (κ1) is 22.0. The Hall–Kier alpha value is -3.25. The van der Waals surface area contributed by atoms with Crippen LogP contribution in [0.5, 0.6) is 17.2 Å². The van der Waals surface area contributed by atoms with E-state index in [1.807, 2.05) is 6.07 Å².